The van der Waals surface area contributed by atoms with E-state index < -0.39 is 29.4 Å². The van der Waals surface area contributed by atoms with Crippen LogP contribution in [0.15, 0.2) is 29.3 Å². The number of ether oxygens (including phenoxy) is 1. The minimum Gasteiger partial charge on any atom is -0.388 e. The summed E-state index contributed by atoms with van der Waals surface area (Å²) in [5.41, 5.74) is -1.38. The van der Waals surface area contributed by atoms with Crippen molar-refractivity contribution in [3.63, 3.8) is 0 Å². The Morgan fingerprint density at radius 3 is 2.71 bits per heavy atom. The largest absolute Gasteiger partial charge is 0.416 e. The van der Waals surface area contributed by atoms with Crippen LogP contribution in [0.25, 0.3) is 10.9 Å². The fraction of sp³-hybridized carbons (Fsp3) is 0.385. The Labute approximate surface area is 116 Å². The molecule has 2 heterocycles. The number of hydrogen-bond donors (Lipinski definition) is 1. The van der Waals surface area contributed by atoms with Gasteiger partial charge in [0.05, 0.1) is 42.0 Å². The van der Waals surface area contributed by atoms with Crippen molar-refractivity contribution in [2.45, 2.75) is 18.3 Å². The number of halogens is 3. The average Bonchev–Trinajstić information content (AvgIpc) is 2.84. The monoisotopic (exact) mass is 300 g/mol. The molecule has 8 heteroatoms. The van der Waals surface area contributed by atoms with Gasteiger partial charge in [0.15, 0.2) is 0 Å². The first-order valence-electron chi connectivity index (χ1n) is 6.22. The summed E-state index contributed by atoms with van der Waals surface area (Å²) < 4.78 is 44.2. The molecule has 112 valence electrons. The summed E-state index contributed by atoms with van der Waals surface area (Å²) in [4.78, 5) is 16.2. The van der Waals surface area contributed by atoms with Gasteiger partial charge in [0.1, 0.15) is 6.10 Å². The molecule has 1 N–H and O–H groups in total. The predicted molar refractivity (Wildman–Crippen MR) is 66.9 cm³/mol. The molecule has 1 aromatic carbocycles. The highest BCUT2D eigenvalue weighted by Crippen LogP contribution is 2.30. The van der Waals surface area contributed by atoms with E-state index in [2.05, 4.69) is 4.98 Å². The molecular weight excluding hydrogens is 289 g/mol. The van der Waals surface area contributed by atoms with E-state index in [1.165, 1.54) is 4.57 Å². The maximum absolute atomic E-state index is 12.6. The van der Waals surface area contributed by atoms with Crippen molar-refractivity contribution < 1.29 is 23.0 Å². The zero-order valence-electron chi connectivity index (χ0n) is 10.7. The quantitative estimate of drug-likeness (QED) is 0.863. The van der Waals surface area contributed by atoms with Crippen LogP contribution in [0.4, 0.5) is 13.2 Å². The summed E-state index contributed by atoms with van der Waals surface area (Å²) in [5.74, 6) is 0. The SMILES string of the molecule is O=c1c2ccc(C(F)(F)F)cc2ncn1[C@H]1COC[C@@H]1O. The Morgan fingerprint density at radius 1 is 1.33 bits per heavy atom. The lowest BCUT2D eigenvalue weighted by molar-refractivity contribution is -0.137. The summed E-state index contributed by atoms with van der Waals surface area (Å²) in [6.45, 7) is 0.275. The Balaban J connectivity index is 2.12. The van der Waals surface area contributed by atoms with Crippen molar-refractivity contribution in [2.24, 2.45) is 0 Å². The van der Waals surface area contributed by atoms with Crippen molar-refractivity contribution in [3.8, 4) is 0 Å². The Kier molecular flexibility index (Phi) is 3.22. The first-order chi connectivity index (χ1) is 9.88. The summed E-state index contributed by atoms with van der Waals surface area (Å²) >= 11 is 0. The molecule has 1 aliphatic rings. The van der Waals surface area contributed by atoms with E-state index in [9.17, 15) is 23.1 Å². The highest BCUT2D eigenvalue weighted by Gasteiger charge is 2.32. The minimum absolute atomic E-state index is 0.0283. The highest BCUT2D eigenvalue weighted by molar-refractivity contribution is 5.78. The van der Waals surface area contributed by atoms with Crippen LogP contribution in [0.1, 0.15) is 11.6 Å². The van der Waals surface area contributed by atoms with Gasteiger partial charge < -0.3 is 9.84 Å². The molecule has 0 saturated carbocycles. The highest BCUT2D eigenvalue weighted by atomic mass is 19.4. The average molecular weight is 300 g/mol. The third-order valence-electron chi connectivity index (χ3n) is 3.49. The third-order valence-corrected chi connectivity index (χ3v) is 3.49. The third kappa shape index (κ3) is 2.40. The van der Waals surface area contributed by atoms with Crippen LogP contribution in [-0.2, 0) is 10.9 Å². The first kappa shape index (κ1) is 14.0. The van der Waals surface area contributed by atoms with E-state index in [1.807, 2.05) is 0 Å². The number of aromatic nitrogens is 2. The van der Waals surface area contributed by atoms with E-state index in [4.69, 9.17) is 4.74 Å². The topological polar surface area (TPSA) is 64.4 Å². The number of aliphatic hydroxyl groups is 1. The molecule has 0 aliphatic carbocycles. The standard InChI is InChI=1S/C13H11F3N2O3/c14-13(15,16)7-1-2-8-9(3-7)17-6-18(12(8)20)10-4-21-5-11(10)19/h1-3,6,10-11,19H,4-5H2/t10-,11-/m0/s1. The Hall–Kier alpha value is -1.93. The molecule has 1 aliphatic heterocycles. The van der Waals surface area contributed by atoms with Gasteiger partial charge >= 0.3 is 6.18 Å². The molecule has 3 rings (SSSR count). The van der Waals surface area contributed by atoms with E-state index in [0.717, 1.165) is 24.5 Å². The molecular formula is C13H11F3N2O3. The maximum Gasteiger partial charge on any atom is 0.416 e. The summed E-state index contributed by atoms with van der Waals surface area (Å²) in [6.07, 6.45) is -4.18. The van der Waals surface area contributed by atoms with Gasteiger partial charge in [-0.1, -0.05) is 0 Å². The fourth-order valence-corrected chi connectivity index (χ4v) is 2.35. The summed E-state index contributed by atoms with van der Waals surface area (Å²) in [7, 11) is 0. The van der Waals surface area contributed by atoms with E-state index in [1.54, 1.807) is 0 Å². The smallest absolute Gasteiger partial charge is 0.388 e. The number of fused-ring (bicyclic) bond motifs is 1. The van der Waals surface area contributed by atoms with Gasteiger partial charge in [0, 0.05) is 0 Å². The Bertz CT molecular complexity index is 741. The second kappa shape index (κ2) is 4.81. The van der Waals surface area contributed by atoms with Crippen molar-refractivity contribution in [3.05, 3.63) is 40.4 Å². The lowest BCUT2D eigenvalue weighted by Gasteiger charge is -2.16. The van der Waals surface area contributed by atoms with Gasteiger partial charge in [-0.3, -0.25) is 9.36 Å². The predicted octanol–water partition coefficient (Wildman–Crippen LogP) is 1.35. The number of rotatable bonds is 1. The lowest BCUT2D eigenvalue weighted by atomic mass is 10.1. The van der Waals surface area contributed by atoms with Crippen LogP contribution in [-0.4, -0.2) is 34.0 Å². The molecule has 2 aromatic rings. The molecule has 2 atom stereocenters. The molecule has 0 unspecified atom stereocenters. The Morgan fingerprint density at radius 2 is 2.10 bits per heavy atom. The fourth-order valence-electron chi connectivity index (χ4n) is 2.35. The first-order valence-corrected chi connectivity index (χ1v) is 6.22. The van der Waals surface area contributed by atoms with Crippen LogP contribution in [0.3, 0.4) is 0 Å². The van der Waals surface area contributed by atoms with Crippen molar-refractivity contribution in [1.82, 2.24) is 9.55 Å². The molecule has 1 aromatic heterocycles. The van der Waals surface area contributed by atoms with Gasteiger partial charge in [-0.05, 0) is 18.2 Å². The number of aliphatic hydroxyl groups excluding tert-OH is 1. The number of hydrogen-bond acceptors (Lipinski definition) is 4. The minimum atomic E-state index is -4.49. The second-order valence-corrected chi connectivity index (χ2v) is 4.86. The van der Waals surface area contributed by atoms with Crippen molar-refractivity contribution in [2.75, 3.05) is 13.2 Å². The number of nitrogens with zero attached hydrogens (tertiary/aromatic N) is 2. The second-order valence-electron chi connectivity index (χ2n) is 4.86. The van der Waals surface area contributed by atoms with Crippen LogP contribution in [0.2, 0.25) is 0 Å². The summed E-state index contributed by atoms with van der Waals surface area (Å²) in [6, 6.07) is 2.21. The molecule has 5 nitrogen and oxygen atoms in total. The molecule has 1 saturated heterocycles. The molecule has 21 heavy (non-hydrogen) atoms. The van der Waals surface area contributed by atoms with E-state index >= 15 is 0 Å². The van der Waals surface area contributed by atoms with E-state index in [0.29, 0.717) is 0 Å². The van der Waals surface area contributed by atoms with Crippen molar-refractivity contribution in [1.29, 1.82) is 0 Å². The molecule has 0 bridgehead atoms. The van der Waals surface area contributed by atoms with Crippen molar-refractivity contribution >= 4 is 10.9 Å². The van der Waals surface area contributed by atoms with Gasteiger partial charge in [-0.15, -0.1) is 0 Å². The zero-order valence-corrected chi connectivity index (χ0v) is 10.7. The van der Waals surface area contributed by atoms with Gasteiger partial charge in [-0.2, -0.15) is 13.2 Å². The van der Waals surface area contributed by atoms with Crippen LogP contribution in [0.5, 0.6) is 0 Å². The van der Waals surface area contributed by atoms with Gasteiger partial charge in [0.2, 0.25) is 0 Å². The van der Waals surface area contributed by atoms with E-state index in [-0.39, 0.29) is 24.1 Å². The van der Waals surface area contributed by atoms with Crippen LogP contribution < -0.4 is 5.56 Å². The normalized spacial score (nSPS) is 22.9. The molecule has 0 spiro atoms. The summed E-state index contributed by atoms with van der Waals surface area (Å²) in [5, 5.41) is 9.80. The maximum atomic E-state index is 12.6. The number of benzene rings is 1. The number of alkyl halides is 3. The molecule has 0 amide bonds. The zero-order chi connectivity index (χ0) is 15.2. The molecule has 1 fully saturated rings. The van der Waals surface area contributed by atoms with Gasteiger partial charge in [-0.25, -0.2) is 4.98 Å². The van der Waals surface area contributed by atoms with Gasteiger partial charge in [0.25, 0.3) is 5.56 Å². The van der Waals surface area contributed by atoms with Crippen LogP contribution in [0, 0.1) is 0 Å². The molecule has 0 radical (unpaired) electrons. The van der Waals surface area contributed by atoms with Crippen LogP contribution >= 0.6 is 0 Å². The lowest BCUT2D eigenvalue weighted by Crippen LogP contribution is -2.31.